The molecule has 10 nitrogen and oxygen atoms in total. The highest BCUT2D eigenvalue weighted by Gasteiger charge is 2.34. The molecule has 0 bridgehead atoms. The second-order valence-corrected chi connectivity index (χ2v) is 11.0. The van der Waals surface area contributed by atoms with Gasteiger partial charge in [0.1, 0.15) is 11.2 Å². The third-order valence-electron chi connectivity index (χ3n) is 6.98. The maximum Gasteiger partial charge on any atom is 0.317 e. The van der Waals surface area contributed by atoms with E-state index < -0.39 is 9.84 Å². The molecule has 36 heavy (non-hydrogen) atoms. The third kappa shape index (κ3) is 4.33. The molecular weight excluding hydrogens is 480 g/mol. The van der Waals surface area contributed by atoms with E-state index in [-0.39, 0.29) is 28.2 Å². The fraction of sp³-hybridized carbons (Fsp3) is 0.400. The summed E-state index contributed by atoms with van der Waals surface area (Å²) in [4.78, 5) is 26.6. The van der Waals surface area contributed by atoms with Crippen LogP contribution in [0.5, 0.6) is 0 Å². The van der Waals surface area contributed by atoms with Gasteiger partial charge in [-0.2, -0.15) is 0 Å². The number of urea groups is 1. The first-order valence-corrected chi connectivity index (χ1v) is 13.5. The Morgan fingerprint density at radius 2 is 1.94 bits per heavy atom. The van der Waals surface area contributed by atoms with Crippen LogP contribution in [0.15, 0.2) is 58.8 Å². The summed E-state index contributed by atoms with van der Waals surface area (Å²) in [6.45, 7) is 0.915. The number of nitrogens with zero attached hydrogens (tertiary/aromatic N) is 4. The van der Waals surface area contributed by atoms with Crippen LogP contribution in [0.25, 0.3) is 22.1 Å². The van der Waals surface area contributed by atoms with Crippen LogP contribution in [0.1, 0.15) is 31.7 Å². The van der Waals surface area contributed by atoms with Crippen LogP contribution in [-0.4, -0.2) is 72.2 Å². The largest absolute Gasteiger partial charge is 0.383 e. The molecule has 0 saturated heterocycles. The predicted molar refractivity (Wildman–Crippen MR) is 136 cm³/mol. The molecule has 4 aromatic rings. The lowest BCUT2D eigenvalue weighted by molar-refractivity contribution is 0.154. The first-order valence-electron chi connectivity index (χ1n) is 12.1. The molecule has 5 rings (SSSR count). The molecule has 2 amide bonds. The quantitative estimate of drug-likeness (QED) is 0.367. The normalized spacial score (nSPS) is 18.5. The number of nitrogens with one attached hydrogen (secondary N) is 2. The number of hydrogen-bond donors (Lipinski definition) is 2. The second kappa shape index (κ2) is 9.90. The van der Waals surface area contributed by atoms with Gasteiger partial charge in [-0.3, -0.25) is 0 Å². The van der Waals surface area contributed by atoms with Crippen molar-refractivity contribution in [1.82, 2.24) is 29.7 Å². The average molecular weight is 511 g/mol. The van der Waals surface area contributed by atoms with Gasteiger partial charge >= 0.3 is 6.03 Å². The molecule has 1 aliphatic carbocycles. The Kier molecular flexibility index (Phi) is 6.67. The maximum absolute atomic E-state index is 13.7. The zero-order chi connectivity index (χ0) is 25.3. The van der Waals surface area contributed by atoms with Crippen molar-refractivity contribution in [3.63, 3.8) is 0 Å². The number of imidazole rings is 1. The zero-order valence-corrected chi connectivity index (χ0v) is 21.2. The molecule has 0 unspecified atom stereocenters. The summed E-state index contributed by atoms with van der Waals surface area (Å²) in [6, 6.07) is 10.2. The van der Waals surface area contributed by atoms with Crippen molar-refractivity contribution in [3.05, 3.63) is 48.8 Å². The van der Waals surface area contributed by atoms with Crippen LogP contribution in [0.2, 0.25) is 0 Å². The number of carbonyl (C=O) groups is 1. The minimum Gasteiger partial charge on any atom is -0.383 e. The van der Waals surface area contributed by atoms with E-state index in [9.17, 15) is 13.2 Å². The molecule has 3 aromatic heterocycles. The van der Waals surface area contributed by atoms with Gasteiger partial charge in [-0.1, -0.05) is 18.2 Å². The molecule has 1 saturated carbocycles. The van der Waals surface area contributed by atoms with E-state index in [2.05, 4.69) is 20.3 Å². The number of benzene rings is 1. The summed E-state index contributed by atoms with van der Waals surface area (Å²) >= 11 is 0. The van der Waals surface area contributed by atoms with Gasteiger partial charge in [-0.25, -0.2) is 23.2 Å². The first kappa shape index (κ1) is 24.3. The van der Waals surface area contributed by atoms with Gasteiger partial charge in [0.15, 0.2) is 0 Å². The molecule has 1 aliphatic rings. The Morgan fingerprint density at radius 3 is 2.67 bits per heavy atom. The monoisotopic (exact) mass is 510 g/mol. The molecule has 0 spiro atoms. The first-order chi connectivity index (χ1) is 17.4. The average Bonchev–Trinajstić information content (AvgIpc) is 3.54. The van der Waals surface area contributed by atoms with E-state index in [0.29, 0.717) is 24.3 Å². The number of aromatic nitrogens is 4. The smallest absolute Gasteiger partial charge is 0.317 e. The van der Waals surface area contributed by atoms with E-state index >= 15 is 0 Å². The second-order valence-electron chi connectivity index (χ2n) is 9.11. The van der Waals surface area contributed by atoms with Crippen LogP contribution in [0.3, 0.4) is 0 Å². The van der Waals surface area contributed by atoms with E-state index in [1.165, 1.54) is 0 Å². The predicted octanol–water partition coefficient (Wildman–Crippen LogP) is 3.52. The van der Waals surface area contributed by atoms with Gasteiger partial charge in [0.25, 0.3) is 0 Å². The molecule has 3 heterocycles. The Bertz CT molecular complexity index is 1470. The van der Waals surface area contributed by atoms with Crippen molar-refractivity contribution in [2.24, 2.45) is 0 Å². The number of hydrogen-bond acceptors (Lipinski definition) is 6. The van der Waals surface area contributed by atoms with Crippen LogP contribution in [-0.2, 0) is 14.6 Å². The summed E-state index contributed by atoms with van der Waals surface area (Å²) in [5.74, 6) is 0. The highest BCUT2D eigenvalue weighted by atomic mass is 32.2. The number of rotatable bonds is 7. The minimum absolute atomic E-state index is 0.0355. The molecule has 2 N–H and O–H groups in total. The number of carbonyl (C=O) groups excluding carboxylic acids is 1. The van der Waals surface area contributed by atoms with Crippen LogP contribution >= 0.6 is 0 Å². The summed E-state index contributed by atoms with van der Waals surface area (Å²) in [5, 5.41) is 3.74. The van der Waals surface area contributed by atoms with E-state index in [0.717, 1.165) is 36.6 Å². The van der Waals surface area contributed by atoms with Crippen molar-refractivity contribution >= 4 is 37.9 Å². The molecular formula is C25H30N6O4S. The number of pyridine rings is 1. The van der Waals surface area contributed by atoms with E-state index in [4.69, 9.17) is 4.74 Å². The Balaban J connectivity index is 1.50. The fourth-order valence-corrected chi connectivity index (χ4v) is 6.50. The standard InChI is InChI=1S/C25H30N6O4S/c1-30(24(32)27-14-15-35-2)17-8-10-18(11-9-17)31-22-20-12-13-26-23(20)28-16-21(22)29-25(31)36(33,34)19-6-4-3-5-7-19/h3-7,12-13,16-18H,8-11,14-15H2,1-2H3,(H,26,28)(H,27,32). The van der Waals surface area contributed by atoms with Gasteiger partial charge in [0.05, 0.1) is 23.2 Å². The van der Waals surface area contributed by atoms with Crippen LogP contribution < -0.4 is 5.32 Å². The lowest BCUT2D eigenvalue weighted by atomic mass is 9.90. The highest BCUT2D eigenvalue weighted by Crippen LogP contribution is 2.38. The number of H-pyrrole nitrogens is 1. The maximum atomic E-state index is 13.7. The van der Waals surface area contributed by atoms with Gasteiger partial charge in [-0.15, -0.1) is 0 Å². The summed E-state index contributed by atoms with van der Waals surface area (Å²) in [5.41, 5.74) is 2.01. The Hall–Kier alpha value is -3.44. The SMILES string of the molecule is COCCNC(=O)N(C)C1CCC(n2c(S(=O)(=O)c3ccccc3)nc3cnc4[nH]ccc4c32)CC1. The van der Waals surface area contributed by atoms with Crippen LogP contribution in [0.4, 0.5) is 4.79 Å². The molecule has 0 atom stereocenters. The minimum atomic E-state index is -3.86. The fourth-order valence-electron chi connectivity index (χ4n) is 5.06. The van der Waals surface area contributed by atoms with E-state index in [1.54, 1.807) is 61.8 Å². The number of fused-ring (bicyclic) bond motifs is 3. The molecule has 1 fully saturated rings. The number of aromatic amines is 1. The summed E-state index contributed by atoms with van der Waals surface area (Å²) < 4.78 is 34.4. The van der Waals surface area contributed by atoms with Crippen molar-refractivity contribution in [2.45, 2.75) is 47.8 Å². The summed E-state index contributed by atoms with van der Waals surface area (Å²) in [6.07, 6.45) is 6.37. The van der Waals surface area contributed by atoms with Crippen molar-refractivity contribution in [1.29, 1.82) is 0 Å². The molecule has 0 radical (unpaired) electrons. The van der Waals surface area contributed by atoms with Gasteiger partial charge in [0.2, 0.25) is 15.0 Å². The van der Waals surface area contributed by atoms with E-state index in [1.807, 2.05) is 10.6 Å². The van der Waals surface area contributed by atoms with Crippen molar-refractivity contribution < 1.29 is 17.9 Å². The lowest BCUT2D eigenvalue weighted by Crippen LogP contribution is -2.46. The Labute approximate surface area is 209 Å². The van der Waals surface area contributed by atoms with Crippen molar-refractivity contribution in [3.8, 4) is 0 Å². The molecule has 0 aliphatic heterocycles. The van der Waals surface area contributed by atoms with Crippen molar-refractivity contribution in [2.75, 3.05) is 27.3 Å². The molecule has 11 heteroatoms. The summed E-state index contributed by atoms with van der Waals surface area (Å²) in [7, 11) is -0.458. The third-order valence-corrected chi connectivity index (χ3v) is 8.64. The topological polar surface area (TPSA) is 122 Å². The van der Waals surface area contributed by atoms with Gasteiger partial charge in [-0.05, 0) is 43.9 Å². The molecule has 190 valence electrons. The number of amides is 2. The Morgan fingerprint density at radius 1 is 1.19 bits per heavy atom. The van der Waals surface area contributed by atoms with Gasteiger partial charge < -0.3 is 24.5 Å². The van der Waals surface area contributed by atoms with Gasteiger partial charge in [0, 0.05) is 44.4 Å². The molecule has 1 aromatic carbocycles. The highest BCUT2D eigenvalue weighted by molar-refractivity contribution is 7.91. The number of methoxy groups -OCH3 is 1. The zero-order valence-electron chi connectivity index (χ0n) is 20.3. The number of ether oxygens (including phenoxy) is 1. The number of sulfone groups is 1. The lowest BCUT2D eigenvalue weighted by Gasteiger charge is -2.35. The van der Waals surface area contributed by atoms with Crippen LogP contribution in [0, 0.1) is 0 Å².